The number of hydrogen-bond acceptors (Lipinski definition) is 6. The van der Waals surface area contributed by atoms with Gasteiger partial charge in [0.25, 0.3) is 5.22 Å². The molecule has 2 N–H and O–H groups in total. The number of imide groups is 1. The van der Waals surface area contributed by atoms with Gasteiger partial charge in [-0.25, -0.2) is 4.79 Å². The number of unbranched alkanes of at least 4 members (excludes halogenated alkanes) is 1. The zero-order valence-electron chi connectivity index (χ0n) is 13.0. The van der Waals surface area contributed by atoms with Crippen LogP contribution in [0.15, 0.2) is 38.4 Å². The summed E-state index contributed by atoms with van der Waals surface area (Å²) in [6.07, 6.45) is 1.85. The van der Waals surface area contributed by atoms with E-state index in [0.29, 0.717) is 12.4 Å². The Hall–Kier alpha value is -1.87. The lowest BCUT2D eigenvalue weighted by molar-refractivity contribution is -0.117. The van der Waals surface area contributed by atoms with Gasteiger partial charge in [0.05, 0.1) is 5.75 Å². The SMILES string of the molecule is CCCCNC(=O)NC(=O)CSc1nnc(-c2cccc(Br)c2)o1. The third kappa shape index (κ3) is 5.97. The molecule has 0 saturated heterocycles. The Morgan fingerprint density at radius 3 is 2.92 bits per heavy atom. The van der Waals surface area contributed by atoms with E-state index in [9.17, 15) is 9.59 Å². The van der Waals surface area contributed by atoms with Crippen LogP contribution >= 0.6 is 27.7 Å². The summed E-state index contributed by atoms with van der Waals surface area (Å²) < 4.78 is 6.40. The third-order valence-corrected chi connectivity index (χ3v) is 4.19. The fraction of sp³-hybridized carbons (Fsp3) is 0.333. The number of nitrogens with zero attached hydrogens (tertiary/aromatic N) is 2. The molecule has 9 heteroatoms. The number of hydrogen-bond donors (Lipinski definition) is 2. The van der Waals surface area contributed by atoms with E-state index in [4.69, 9.17) is 4.42 Å². The van der Waals surface area contributed by atoms with Crippen LogP contribution in [0.4, 0.5) is 4.79 Å². The quantitative estimate of drug-likeness (QED) is 0.535. The molecule has 1 aromatic carbocycles. The molecular formula is C15H17BrN4O3S. The molecule has 0 fully saturated rings. The normalized spacial score (nSPS) is 10.4. The predicted molar refractivity (Wildman–Crippen MR) is 94.6 cm³/mol. The first-order valence-electron chi connectivity index (χ1n) is 7.38. The van der Waals surface area contributed by atoms with E-state index in [2.05, 4.69) is 36.8 Å². The number of carbonyl (C=O) groups excluding carboxylic acids is 2. The molecule has 24 heavy (non-hydrogen) atoms. The molecular weight excluding hydrogens is 396 g/mol. The molecule has 0 atom stereocenters. The Morgan fingerprint density at radius 2 is 2.17 bits per heavy atom. The Bertz CT molecular complexity index is 708. The topological polar surface area (TPSA) is 97.1 Å². The number of benzene rings is 1. The number of aromatic nitrogens is 2. The molecule has 0 aliphatic rings. The maximum Gasteiger partial charge on any atom is 0.321 e. The summed E-state index contributed by atoms with van der Waals surface area (Å²) in [5.41, 5.74) is 0.781. The molecule has 0 bridgehead atoms. The average molecular weight is 413 g/mol. The molecule has 1 aromatic heterocycles. The van der Waals surface area contributed by atoms with Crippen molar-refractivity contribution in [2.24, 2.45) is 0 Å². The van der Waals surface area contributed by atoms with Gasteiger partial charge in [0.2, 0.25) is 11.8 Å². The maximum atomic E-state index is 11.7. The summed E-state index contributed by atoms with van der Waals surface area (Å²) in [6, 6.07) is 6.97. The van der Waals surface area contributed by atoms with Crippen LogP contribution in [0.1, 0.15) is 19.8 Å². The number of thioether (sulfide) groups is 1. The Labute approximate surface area is 152 Å². The molecule has 1 heterocycles. The van der Waals surface area contributed by atoms with Crippen LogP contribution in [0.3, 0.4) is 0 Å². The number of nitrogens with one attached hydrogen (secondary N) is 2. The monoisotopic (exact) mass is 412 g/mol. The van der Waals surface area contributed by atoms with Crippen LogP contribution in [-0.4, -0.2) is 34.4 Å². The number of urea groups is 1. The van der Waals surface area contributed by atoms with Crippen LogP contribution < -0.4 is 10.6 Å². The van der Waals surface area contributed by atoms with Gasteiger partial charge in [0.1, 0.15) is 0 Å². The van der Waals surface area contributed by atoms with Crippen molar-refractivity contribution in [2.75, 3.05) is 12.3 Å². The molecule has 2 aromatic rings. The van der Waals surface area contributed by atoms with Gasteiger partial charge in [0, 0.05) is 16.6 Å². The van der Waals surface area contributed by atoms with Gasteiger partial charge in [-0.05, 0) is 24.6 Å². The summed E-state index contributed by atoms with van der Waals surface area (Å²) in [5, 5.41) is 13.0. The van der Waals surface area contributed by atoms with Crippen molar-refractivity contribution in [3.8, 4) is 11.5 Å². The number of carbonyl (C=O) groups is 2. The Balaban J connectivity index is 1.80. The van der Waals surface area contributed by atoms with Gasteiger partial charge >= 0.3 is 6.03 Å². The highest BCUT2D eigenvalue weighted by Crippen LogP contribution is 2.25. The highest BCUT2D eigenvalue weighted by molar-refractivity contribution is 9.10. The van der Waals surface area contributed by atoms with Crippen molar-refractivity contribution in [3.05, 3.63) is 28.7 Å². The number of halogens is 1. The van der Waals surface area contributed by atoms with Gasteiger partial charge in [-0.1, -0.05) is 47.1 Å². The fourth-order valence-electron chi connectivity index (χ4n) is 1.72. The maximum absolute atomic E-state index is 11.7. The van der Waals surface area contributed by atoms with Gasteiger partial charge < -0.3 is 9.73 Å². The molecule has 0 aliphatic carbocycles. The summed E-state index contributed by atoms with van der Waals surface area (Å²) in [5.74, 6) is -0.0332. The second kappa shape index (κ2) is 9.43. The van der Waals surface area contributed by atoms with Crippen LogP contribution in [0.25, 0.3) is 11.5 Å². The van der Waals surface area contributed by atoms with Crippen LogP contribution in [0.2, 0.25) is 0 Å². The molecule has 0 aliphatic heterocycles. The number of amides is 3. The third-order valence-electron chi connectivity index (χ3n) is 2.87. The van der Waals surface area contributed by atoms with E-state index < -0.39 is 11.9 Å². The smallest absolute Gasteiger partial charge is 0.321 e. The first-order chi connectivity index (χ1) is 11.6. The summed E-state index contributed by atoms with van der Waals surface area (Å²) in [7, 11) is 0. The molecule has 0 radical (unpaired) electrons. The van der Waals surface area contributed by atoms with Crippen LogP contribution in [0, 0.1) is 0 Å². The van der Waals surface area contributed by atoms with Gasteiger partial charge in [0.15, 0.2) is 0 Å². The second-order valence-electron chi connectivity index (χ2n) is 4.83. The Kier molecular flexibility index (Phi) is 7.26. The average Bonchev–Trinajstić information content (AvgIpc) is 3.02. The first-order valence-corrected chi connectivity index (χ1v) is 9.16. The van der Waals surface area contributed by atoms with Crippen molar-refractivity contribution in [2.45, 2.75) is 25.0 Å². The summed E-state index contributed by atoms with van der Waals surface area (Å²) in [6.45, 7) is 2.57. The fourth-order valence-corrected chi connectivity index (χ4v) is 2.68. The van der Waals surface area contributed by atoms with Crippen LogP contribution in [0.5, 0.6) is 0 Å². The minimum absolute atomic E-state index is 0.0152. The Morgan fingerprint density at radius 1 is 1.33 bits per heavy atom. The van der Waals surface area contributed by atoms with Crippen molar-refractivity contribution >= 4 is 39.6 Å². The lowest BCUT2D eigenvalue weighted by atomic mass is 10.2. The lowest BCUT2D eigenvalue weighted by Gasteiger charge is -2.04. The minimum atomic E-state index is -0.491. The summed E-state index contributed by atoms with van der Waals surface area (Å²) in [4.78, 5) is 23.1. The largest absolute Gasteiger partial charge is 0.411 e. The van der Waals surface area contributed by atoms with Crippen molar-refractivity contribution in [3.63, 3.8) is 0 Å². The van der Waals surface area contributed by atoms with E-state index in [1.165, 1.54) is 0 Å². The van der Waals surface area contributed by atoms with Crippen molar-refractivity contribution in [1.29, 1.82) is 0 Å². The first kappa shape index (κ1) is 18.5. The van der Waals surface area contributed by atoms with E-state index >= 15 is 0 Å². The second-order valence-corrected chi connectivity index (χ2v) is 6.67. The molecule has 7 nitrogen and oxygen atoms in total. The van der Waals surface area contributed by atoms with E-state index in [1.54, 1.807) is 0 Å². The van der Waals surface area contributed by atoms with Crippen LogP contribution in [-0.2, 0) is 4.79 Å². The van der Waals surface area contributed by atoms with E-state index in [-0.39, 0.29) is 11.0 Å². The standard InChI is InChI=1S/C15H17BrN4O3S/c1-2-3-7-17-14(22)18-12(21)9-24-15-20-19-13(23-15)10-5-4-6-11(16)8-10/h4-6,8H,2-3,7,9H2,1H3,(H2,17,18,21,22). The highest BCUT2D eigenvalue weighted by atomic mass is 79.9. The molecule has 3 amide bonds. The van der Waals surface area contributed by atoms with Crippen molar-refractivity contribution in [1.82, 2.24) is 20.8 Å². The molecule has 2 rings (SSSR count). The minimum Gasteiger partial charge on any atom is -0.411 e. The van der Waals surface area contributed by atoms with Gasteiger partial charge in [-0.3, -0.25) is 10.1 Å². The summed E-state index contributed by atoms with van der Waals surface area (Å²) >= 11 is 4.45. The predicted octanol–water partition coefficient (Wildman–Crippen LogP) is 3.22. The molecule has 128 valence electrons. The van der Waals surface area contributed by atoms with Crippen molar-refractivity contribution < 1.29 is 14.0 Å². The highest BCUT2D eigenvalue weighted by Gasteiger charge is 2.13. The van der Waals surface area contributed by atoms with E-state index in [0.717, 1.165) is 34.6 Å². The number of rotatable bonds is 7. The zero-order chi connectivity index (χ0) is 17.4. The van der Waals surface area contributed by atoms with Gasteiger partial charge in [-0.15, -0.1) is 10.2 Å². The molecule has 0 saturated carbocycles. The lowest BCUT2D eigenvalue weighted by Crippen LogP contribution is -2.40. The molecule has 0 spiro atoms. The van der Waals surface area contributed by atoms with Gasteiger partial charge in [-0.2, -0.15) is 0 Å². The van der Waals surface area contributed by atoms with E-state index in [1.807, 2.05) is 31.2 Å². The zero-order valence-corrected chi connectivity index (χ0v) is 15.4. The molecule has 0 unspecified atom stereocenters.